The van der Waals surface area contributed by atoms with E-state index in [-0.39, 0.29) is 6.04 Å². The van der Waals surface area contributed by atoms with Gasteiger partial charge in [-0.3, -0.25) is 5.84 Å². The monoisotopic (exact) mass is 258 g/mol. The summed E-state index contributed by atoms with van der Waals surface area (Å²) in [5, 5.41) is 0. The van der Waals surface area contributed by atoms with Gasteiger partial charge in [-0.25, -0.2) is 15.4 Å². The van der Waals surface area contributed by atoms with Crippen molar-refractivity contribution in [2.24, 2.45) is 5.84 Å². The highest BCUT2D eigenvalue weighted by Gasteiger charge is 2.15. The minimum atomic E-state index is -0.142. The standard InChI is InChI=1S/C14H18N4O/c1-10-4-5-13(19-2)11(8-10)9-12(18-15)14-16-6-3-7-17-14/h3-8,12,18H,9,15H2,1-2H3. The Morgan fingerprint density at radius 3 is 2.68 bits per heavy atom. The molecule has 1 heterocycles. The first-order valence-electron chi connectivity index (χ1n) is 6.11. The maximum Gasteiger partial charge on any atom is 0.146 e. The molecule has 19 heavy (non-hydrogen) atoms. The van der Waals surface area contributed by atoms with Gasteiger partial charge in [0.15, 0.2) is 0 Å². The van der Waals surface area contributed by atoms with E-state index in [1.807, 2.05) is 19.1 Å². The molecule has 100 valence electrons. The number of ether oxygens (including phenoxy) is 1. The molecule has 1 aromatic heterocycles. The summed E-state index contributed by atoms with van der Waals surface area (Å²) >= 11 is 0. The normalized spacial score (nSPS) is 12.2. The summed E-state index contributed by atoms with van der Waals surface area (Å²) in [5.41, 5.74) is 5.02. The highest BCUT2D eigenvalue weighted by atomic mass is 16.5. The van der Waals surface area contributed by atoms with Gasteiger partial charge in [-0.2, -0.15) is 0 Å². The molecule has 5 heteroatoms. The van der Waals surface area contributed by atoms with Crippen LogP contribution in [-0.4, -0.2) is 17.1 Å². The van der Waals surface area contributed by atoms with Crippen LogP contribution < -0.4 is 16.0 Å². The molecule has 0 bridgehead atoms. The molecule has 1 unspecified atom stereocenters. The zero-order valence-corrected chi connectivity index (χ0v) is 11.1. The van der Waals surface area contributed by atoms with E-state index in [1.54, 1.807) is 25.6 Å². The van der Waals surface area contributed by atoms with E-state index in [4.69, 9.17) is 10.6 Å². The second-order valence-corrected chi connectivity index (χ2v) is 4.35. The van der Waals surface area contributed by atoms with Crippen LogP contribution in [0.5, 0.6) is 5.75 Å². The fourth-order valence-electron chi connectivity index (χ4n) is 2.00. The smallest absolute Gasteiger partial charge is 0.146 e. The summed E-state index contributed by atoms with van der Waals surface area (Å²) < 4.78 is 5.37. The number of hydrogen-bond acceptors (Lipinski definition) is 5. The lowest BCUT2D eigenvalue weighted by Gasteiger charge is -2.16. The lowest BCUT2D eigenvalue weighted by atomic mass is 10.0. The Labute approximate surface area is 112 Å². The molecule has 0 fully saturated rings. The molecule has 5 nitrogen and oxygen atoms in total. The van der Waals surface area contributed by atoms with Crippen LogP contribution in [0.2, 0.25) is 0 Å². The minimum absolute atomic E-state index is 0.142. The number of nitrogens with one attached hydrogen (secondary N) is 1. The third kappa shape index (κ3) is 3.27. The maximum atomic E-state index is 5.61. The van der Waals surface area contributed by atoms with Crippen LogP contribution in [0, 0.1) is 6.92 Å². The van der Waals surface area contributed by atoms with Crippen molar-refractivity contribution in [3.8, 4) is 5.75 Å². The zero-order valence-electron chi connectivity index (χ0n) is 11.1. The molecule has 2 rings (SSSR count). The fourth-order valence-corrected chi connectivity index (χ4v) is 2.00. The summed E-state index contributed by atoms with van der Waals surface area (Å²) in [7, 11) is 1.66. The van der Waals surface area contributed by atoms with Crippen LogP contribution >= 0.6 is 0 Å². The van der Waals surface area contributed by atoms with E-state index in [9.17, 15) is 0 Å². The van der Waals surface area contributed by atoms with Crippen molar-refractivity contribution >= 4 is 0 Å². The average Bonchev–Trinajstić information content (AvgIpc) is 2.46. The van der Waals surface area contributed by atoms with E-state index in [1.165, 1.54) is 5.56 Å². The van der Waals surface area contributed by atoms with E-state index in [0.717, 1.165) is 11.3 Å². The van der Waals surface area contributed by atoms with Gasteiger partial charge < -0.3 is 4.74 Å². The molecule has 1 aromatic carbocycles. The number of nitrogens with two attached hydrogens (primary N) is 1. The van der Waals surface area contributed by atoms with Crippen LogP contribution in [0.3, 0.4) is 0 Å². The molecule has 0 amide bonds. The molecule has 0 aliphatic carbocycles. The number of hydrogen-bond donors (Lipinski definition) is 2. The van der Waals surface area contributed by atoms with E-state index < -0.39 is 0 Å². The van der Waals surface area contributed by atoms with E-state index >= 15 is 0 Å². The molecular formula is C14H18N4O. The van der Waals surface area contributed by atoms with Crippen molar-refractivity contribution in [1.82, 2.24) is 15.4 Å². The second-order valence-electron chi connectivity index (χ2n) is 4.35. The van der Waals surface area contributed by atoms with Crippen LogP contribution in [0.1, 0.15) is 23.0 Å². The van der Waals surface area contributed by atoms with Crippen molar-refractivity contribution in [1.29, 1.82) is 0 Å². The first-order valence-corrected chi connectivity index (χ1v) is 6.11. The van der Waals surface area contributed by atoms with Crippen molar-refractivity contribution in [2.45, 2.75) is 19.4 Å². The van der Waals surface area contributed by atoms with Crippen LogP contribution in [0.25, 0.3) is 0 Å². The van der Waals surface area contributed by atoms with Crippen molar-refractivity contribution < 1.29 is 4.74 Å². The van der Waals surface area contributed by atoms with E-state index in [2.05, 4.69) is 21.5 Å². The summed E-state index contributed by atoms with van der Waals surface area (Å²) in [5.74, 6) is 7.13. The zero-order chi connectivity index (χ0) is 13.7. The number of hydrazine groups is 1. The molecule has 0 radical (unpaired) electrons. The van der Waals surface area contributed by atoms with Crippen molar-refractivity contribution in [3.63, 3.8) is 0 Å². The van der Waals surface area contributed by atoms with Gasteiger partial charge in [0.25, 0.3) is 0 Å². The Morgan fingerprint density at radius 2 is 2.05 bits per heavy atom. The first kappa shape index (κ1) is 13.5. The Kier molecular flexibility index (Phi) is 4.43. The molecule has 0 saturated carbocycles. The summed E-state index contributed by atoms with van der Waals surface area (Å²) in [6.07, 6.45) is 4.09. The van der Waals surface area contributed by atoms with E-state index in [0.29, 0.717) is 12.2 Å². The predicted molar refractivity (Wildman–Crippen MR) is 73.5 cm³/mol. The SMILES string of the molecule is COc1ccc(C)cc1CC(NN)c1ncccn1. The Hall–Kier alpha value is -1.98. The first-order chi connectivity index (χ1) is 9.24. The van der Waals surface area contributed by atoms with Gasteiger partial charge in [0.2, 0.25) is 0 Å². The van der Waals surface area contributed by atoms with Gasteiger partial charge in [0.05, 0.1) is 13.2 Å². The van der Waals surface area contributed by atoms with Crippen LogP contribution in [-0.2, 0) is 6.42 Å². The van der Waals surface area contributed by atoms with Gasteiger partial charge in [-0.15, -0.1) is 0 Å². The van der Waals surface area contributed by atoms with Gasteiger partial charge in [0, 0.05) is 12.4 Å². The fraction of sp³-hybridized carbons (Fsp3) is 0.286. The molecule has 1 atom stereocenters. The summed E-state index contributed by atoms with van der Waals surface area (Å²) in [6.45, 7) is 2.05. The minimum Gasteiger partial charge on any atom is -0.496 e. The maximum absolute atomic E-state index is 5.61. The topological polar surface area (TPSA) is 73.1 Å². The molecular weight excluding hydrogens is 240 g/mol. The molecule has 0 aliphatic heterocycles. The summed E-state index contributed by atoms with van der Waals surface area (Å²) in [4.78, 5) is 8.46. The number of aromatic nitrogens is 2. The second kappa shape index (κ2) is 6.26. The third-order valence-electron chi connectivity index (χ3n) is 2.96. The van der Waals surface area contributed by atoms with Crippen molar-refractivity contribution in [2.75, 3.05) is 7.11 Å². The third-order valence-corrected chi connectivity index (χ3v) is 2.96. The number of benzene rings is 1. The highest BCUT2D eigenvalue weighted by molar-refractivity contribution is 5.37. The number of rotatable bonds is 5. The molecule has 0 aliphatic rings. The molecule has 2 aromatic rings. The Balaban J connectivity index is 2.26. The lowest BCUT2D eigenvalue weighted by Crippen LogP contribution is -2.31. The summed E-state index contributed by atoms with van der Waals surface area (Å²) in [6, 6.07) is 7.71. The number of nitrogens with zero attached hydrogens (tertiary/aromatic N) is 2. The largest absolute Gasteiger partial charge is 0.496 e. The van der Waals surface area contributed by atoms with Gasteiger partial charge in [0.1, 0.15) is 11.6 Å². The predicted octanol–water partition coefficient (Wildman–Crippen LogP) is 1.54. The van der Waals surface area contributed by atoms with Gasteiger partial charge in [-0.1, -0.05) is 17.7 Å². The number of aryl methyl sites for hydroxylation is 1. The lowest BCUT2D eigenvalue weighted by molar-refractivity contribution is 0.404. The average molecular weight is 258 g/mol. The van der Waals surface area contributed by atoms with Crippen molar-refractivity contribution in [3.05, 3.63) is 53.6 Å². The Morgan fingerprint density at radius 1 is 1.32 bits per heavy atom. The number of methoxy groups -OCH3 is 1. The molecule has 0 spiro atoms. The van der Waals surface area contributed by atoms with Crippen LogP contribution in [0.15, 0.2) is 36.7 Å². The van der Waals surface area contributed by atoms with Crippen LogP contribution in [0.4, 0.5) is 0 Å². The molecule has 3 N–H and O–H groups in total. The molecule has 0 saturated heterocycles. The quantitative estimate of drug-likeness (QED) is 0.628. The highest BCUT2D eigenvalue weighted by Crippen LogP contribution is 2.24. The van der Waals surface area contributed by atoms with Gasteiger partial charge in [-0.05, 0) is 31.0 Å². The van der Waals surface area contributed by atoms with Gasteiger partial charge >= 0.3 is 0 Å². The Bertz CT molecular complexity index is 530.